The number of ether oxygens (including phenoxy) is 1. The van der Waals surface area contributed by atoms with Crippen molar-refractivity contribution in [2.75, 3.05) is 32.6 Å². The summed E-state index contributed by atoms with van der Waals surface area (Å²) >= 11 is 1.70. The molecule has 1 saturated heterocycles. The summed E-state index contributed by atoms with van der Waals surface area (Å²) in [6.07, 6.45) is 2.81. The Bertz CT molecular complexity index is 1070. The van der Waals surface area contributed by atoms with Crippen LogP contribution in [0.3, 0.4) is 0 Å². The molecule has 1 fully saturated rings. The van der Waals surface area contributed by atoms with Crippen molar-refractivity contribution in [3.05, 3.63) is 89.5 Å². The topological polar surface area (TPSA) is 29.5 Å². The Labute approximate surface area is 194 Å². The molecule has 3 aromatic carbocycles. The molecule has 0 spiro atoms. The van der Waals surface area contributed by atoms with Crippen LogP contribution in [-0.2, 0) is 4.74 Å². The zero-order chi connectivity index (χ0) is 22.1. The Morgan fingerprint density at radius 1 is 0.938 bits per heavy atom. The summed E-state index contributed by atoms with van der Waals surface area (Å²) in [5, 5.41) is 0. The van der Waals surface area contributed by atoms with Crippen LogP contribution in [0.1, 0.15) is 40.7 Å². The van der Waals surface area contributed by atoms with Crippen LogP contribution in [0, 0.1) is 0 Å². The van der Waals surface area contributed by atoms with Crippen molar-refractivity contribution in [3.63, 3.8) is 0 Å². The van der Waals surface area contributed by atoms with Crippen LogP contribution in [0.5, 0.6) is 0 Å². The molecule has 0 amide bonds. The van der Waals surface area contributed by atoms with E-state index in [2.05, 4.69) is 78.7 Å². The second-order valence-electron chi connectivity index (χ2n) is 8.86. The molecule has 5 rings (SSSR count). The highest BCUT2D eigenvalue weighted by molar-refractivity contribution is 7.98. The fourth-order valence-electron chi connectivity index (χ4n) is 5.35. The van der Waals surface area contributed by atoms with E-state index in [0.29, 0.717) is 13.2 Å². The van der Waals surface area contributed by atoms with E-state index in [1.165, 1.54) is 27.1 Å². The van der Waals surface area contributed by atoms with Crippen molar-refractivity contribution < 1.29 is 9.53 Å². The van der Waals surface area contributed by atoms with Crippen LogP contribution >= 0.6 is 11.8 Å². The molecule has 2 aliphatic rings. The fraction of sp³-hybridized carbons (Fsp3) is 0.321. The van der Waals surface area contributed by atoms with E-state index in [9.17, 15) is 4.79 Å². The lowest BCUT2D eigenvalue weighted by atomic mass is 9.77. The summed E-state index contributed by atoms with van der Waals surface area (Å²) in [6, 6.07) is 25.4. The van der Waals surface area contributed by atoms with E-state index < -0.39 is 5.54 Å². The lowest BCUT2D eigenvalue weighted by Gasteiger charge is -2.43. The number of fused-ring (bicyclic) bond motifs is 3. The Morgan fingerprint density at radius 2 is 1.50 bits per heavy atom. The number of hydrogen-bond donors (Lipinski definition) is 0. The van der Waals surface area contributed by atoms with Gasteiger partial charge in [-0.1, -0.05) is 60.7 Å². The fourth-order valence-corrected chi connectivity index (χ4v) is 5.76. The van der Waals surface area contributed by atoms with Crippen molar-refractivity contribution in [2.24, 2.45) is 0 Å². The summed E-state index contributed by atoms with van der Waals surface area (Å²) in [4.78, 5) is 17.6. The molecule has 1 heterocycles. The molecule has 3 nitrogen and oxygen atoms in total. The van der Waals surface area contributed by atoms with Crippen molar-refractivity contribution in [2.45, 2.75) is 29.7 Å². The SMILES string of the molecule is CSc1ccc(C(=O)C(C)(CC2c3ccccc3-c3ccccc32)N2CCOCC2)cc1. The second kappa shape index (κ2) is 8.86. The third kappa shape index (κ3) is 3.71. The minimum absolute atomic E-state index is 0.199. The van der Waals surface area contributed by atoms with Crippen molar-refractivity contribution in [1.29, 1.82) is 0 Å². The van der Waals surface area contributed by atoms with Gasteiger partial charge in [0, 0.05) is 29.5 Å². The van der Waals surface area contributed by atoms with Gasteiger partial charge < -0.3 is 4.74 Å². The minimum Gasteiger partial charge on any atom is -0.379 e. The third-order valence-corrected chi connectivity index (χ3v) is 7.86. The van der Waals surface area contributed by atoms with Gasteiger partial charge in [0.05, 0.1) is 18.8 Å². The van der Waals surface area contributed by atoms with Gasteiger partial charge >= 0.3 is 0 Å². The van der Waals surface area contributed by atoms with Gasteiger partial charge in [0.2, 0.25) is 0 Å². The maximum Gasteiger partial charge on any atom is 0.182 e. The standard InChI is InChI=1S/C28H29NO2S/c1-28(29-15-17-31-18-16-29,27(30)20-11-13-21(32-2)14-12-20)19-26-24-9-5-3-7-22(24)23-8-4-6-10-25(23)26/h3-14,26H,15-19H2,1-2H3. The van der Waals surface area contributed by atoms with Gasteiger partial charge in [-0.2, -0.15) is 0 Å². The molecule has 0 radical (unpaired) electrons. The Balaban J connectivity index is 1.56. The molecular weight excluding hydrogens is 414 g/mol. The zero-order valence-corrected chi connectivity index (χ0v) is 19.5. The van der Waals surface area contributed by atoms with Crippen LogP contribution in [-0.4, -0.2) is 48.8 Å². The highest BCUT2D eigenvalue weighted by Crippen LogP contribution is 2.49. The van der Waals surface area contributed by atoms with E-state index in [-0.39, 0.29) is 11.7 Å². The monoisotopic (exact) mass is 443 g/mol. The molecule has 0 saturated carbocycles. The first-order valence-electron chi connectivity index (χ1n) is 11.3. The van der Waals surface area contributed by atoms with Crippen molar-refractivity contribution in [1.82, 2.24) is 4.90 Å². The maximum absolute atomic E-state index is 14.1. The first-order chi connectivity index (χ1) is 15.6. The van der Waals surface area contributed by atoms with Crippen molar-refractivity contribution in [3.8, 4) is 11.1 Å². The quantitative estimate of drug-likeness (QED) is 0.351. The van der Waals surface area contributed by atoms with Gasteiger partial charge in [0.1, 0.15) is 0 Å². The predicted octanol–water partition coefficient (Wildman–Crippen LogP) is 5.88. The van der Waals surface area contributed by atoms with Gasteiger partial charge in [0.15, 0.2) is 5.78 Å². The largest absolute Gasteiger partial charge is 0.379 e. The van der Waals surface area contributed by atoms with Crippen LogP contribution in [0.2, 0.25) is 0 Å². The molecule has 4 heteroatoms. The van der Waals surface area contributed by atoms with Gasteiger partial charge in [-0.15, -0.1) is 11.8 Å². The number of hydrogen-bond acceptors (Lipinski definition) is 4. The molecule has 0 aromatic heterocycles. The normalized spacial score (nSPS) is 18.1. The maximum atomic E-state index is 14.1. The first kappa shape index (κ1) is 21.4. The molecule has 0 bridgehead atoms. The Hall–Kier alpha value is -2.40. The van der Waals surface area contributed by atoms with E-state index in [1.807, 2.05) is 12.1 Å². The number of morpholine rings is 1. The Kier molecular flexibility index (Phi) is 5.93. The second-order valence-corrected chi connectivity index (χ2v) is 9.74. The van der Waals surface area contributed by atoms with E-state index in [1.54, 1.807) is 11.8 Å². The van der Waals surface area contributed by atoms with Crippen LogP contribution in [0.15, 0.2) is 77.7 Å². The number of carbonyl (C=O) groups excluding carboxylic acids is 1. The molecule has 0 N–H and O–H groups in total. The molecule has 32 heavy (non-hydrogen) atoms. The first-order valence-corrected chi connectivity index (χ1v) is 12.5. The summed E-state index contributed by atoms with van der Waals surface area (Å²) in [5.41, 5.74) is 5.44. The molecule has 1 aliphatic heterocycles. The summed E-state index contributed by atoms with van der Waals surface area (Å²) < 4.78 is 5.64. The molecule has 1 aliphatic carbocycles. The number of nitrogens with zero attached hydrogens (tertiary/aromatic N) is 1. The van der Waals surface area contributed by atoms with Crippen LogP contribution in [0.4, 0.5) is 0 Å². The number of thioether (sulfide) groups is 1. The third-order valence-electron chi connectivity index (χ3n) is 7.11. The molecule has 1 unspecified atom stereocenters. The lowest BCUT2D eigenvalue weighted by molar-refractivity contribution is -0.0130. The number of carbonyl (C=O) groups is 1. The highest BCUT2D eigenvalue weighted by atomic mass is 32.2. The summed E-state index contributed by atoms with van der Waals surface area (Å²) in [7, 11) is 0. The molecular formula is C28H29NO2S. The lowest BCUT2D eigenvalue weighted by Crippen LogP contribution is -2.57. The average Bonchev–Trinajstić information content (AvgIpc) is 3.17. The minimum atomic E-state index is -0.611. The Morgan fingerprint density at radius 3 is 2.06 bits per heavy atom. The summed E-state index contributed by atoms with van der Waals surface area (Å²) in [6.45, 7) is 5.05. The number of Topliss-reactive ketones (excluding diaryl/α,β-unsaturated/α-hetero) is 1. The van der Waals surface area contributed by atoms with Gasteiger partial charge in [0.25, 0.3) is 0 Å². The van der Waals surface area contributed by atoms with Crippen molar-refractivity contribution >= 4 is 17.5 Å². The number of rotatable bonds is 6. The van der Waals surface area contributed by atoms with Gasteiger partial charge in [-0.3, -0.25) is 9.69 Å². The van der Waals surface area contributed by atoms with Crippen LogP contribution < -0.4 is 0 Å². The molecule has 164 valence electrons. The number of benzene rings is 3. The predicted molar refractivity (Wildman–Crippen MR) is 132 cm³/mol. The van der Waals surface area contributed by atoms with E-state index >= 15 is 0 Å². The smallest absolute Gasteiger partial charge is 0.182 e. The highest BCUT2D eigenvalue weighted by Gasteiger charge is 2.44. The van der Waals surface area contributed by atoms with Gasteiger partial charge in [-0.05, 0) is 54.0 Å². The van der Waals surface area contributed by atoms with E-state index in [4.69, 9.17) is 4.74 Å². The average molecular weight is 444 g/mol. The molecule has 1 atom stereocenters. The summed E-state index contributed by atoms with van der Waals surface area (Å²) in [5.74, 6) is 0.401. The van der Waals surface area contributed by atoms with Gasteiger partial charge in [-0.25, -0.2) is 0 Å². The van der Waals surface area contributed by atoms with Crippen LogP contribution in [0.25, 0.3) is 11.1 Å². The number of ketones is 1. The van der Waals surface area contributed by atoms with E-state index in [0.717, 1.165) is 25.1 Å². The zero-order valence-electron chi connectivity index (χ0n) is 18.7. The molecule has 3 aromatic rings.